The molecule has 3 atom stereocenters. The summed E-state index contributed by atoms with van der Waals surface area (Å²) in [6, 6.07) is 14.1. The van der Waals surface area contributed by atoms with Crippen molar-refractivity contribution < 1.29 is 9.53 Å². The van der Waals surface area contributed by atoms with Crippen molar-refractivity contribution in [2.24, 2.45) is 5.92 Å². The van der Waals surface area contributed by atoms with Crippen LogP contribution in [0.1, 0.15) is 46.8 Å². The minimum absolute atomic E-state index is 0.234. The van der Waals surface area contributed by atoms with Crippen LogP contribution in [0.5, 0.6) is 0 Å². The van der Waals surface area contributed by atoms with Crippen molar-refractivity contribution in [3.05, 3.63) is 76.3 Å². The van der Waals surface area contributed by atoms with Gasteiger partial charge in [-0.15, -0.1) is 0 Å². The van der Waals surface area contributed by atoms with E-state index in [4.69, 9.17) is 16.3 Å². The highest BCUT2D eigenvalue weighted by atomic mass is 35.5. The minimum Gasteiger partial charge on any atom is -0.462 e. The topological polar surface area (TPSA) is 38.3 Å². The van der Waals surface area contributed by atoms with Gasteiger partial charge in [0.25, 0.3) is 0 Å². The quantitative estimate of drug-likeness (QED) is 0.597. The van der Waals surface area contributed by atoms with Crippen molar-refractivity contribution in [2.75, 3.05) is 11.9 Å². The normalized spacial score (nSPS) is 23.5. The molecule has 0 amide bonds. The van der Waals surface area contributed by atoms with E-state index in [2.05, 4.69) is 29.6 Å². The maximum Gasteiger partial charge on any atom is 0.338 e. The van der Waals surface area contributed by atoms with Gasteiger partial charge in [0.2, 0.25) is 0 Å². The summed E-state index contributed by atoms with van der Waals surface area (Å²) in [4.78, 5) is 12.1. The Morgan fingerprint density at radius 3 is 2.80 bits per heavy atom. The molecule has 1 N–H and O–H groups in total. The third kappa shape index (κ3) is 2.93. The summed E-state index contributed by atoms with van der Waals surface area (Å²) in [5.41, 5.74) is 4.12. The second kappa shape index (κ2) is 6.57. The van der Waals surface area contributed by atoms with E-state index in [1.165, 1.54) is 11.1 Å². The summed E-state index contributed by atoms with van der Waals surface area (Å²) in [5.74, 6) is 0.487. The summed E-state index contributed by atoms with van der Waals surface area (Å²) in [7, 11) is 0. The molecule has 1 aliphatic carbocycles. The molecule has 2 aromatic rings. The molecule has 0 saturated heterocycles. The first-order valence-electron chi connectivity index (χ1n) is 8.67. The second-order valence-corrected chi connectivity index (χ2v) is 6.99. The Balaban J connectivity index is 1.71. The van der Waals surface area contributed by atoms with Gasteiger partial charge in [-0.3, -0.25) is 0 Å². The SMILES string of the molecule is CCOC(=O)c1ccc2c(c1)[C@H]1C=CC[C@@H]1[C@@H](c1ccc(Cl)cc1)N2. The van der Waals surface area contributed by atoms with Gasteiger partial charge in [0, 0.05) is 16.6 Å². The van der Waals surface area contributed by atoms with E-state index in [9.17, 15) is 4.79 Å². The summed E-state index contributed by atoms with van der Waals surface area (Å²) in [6.07, 6.45) is 5.53. The van der Waals surface area contributed by atoms with Crippen molar-refractivity contribution in [3.8, 4) is 0 Å². The van der Waals surface area contributed by atoms with E-state index in [0.29, 0.717) is 24.0 Å². The van der Waals surface area contributed by atoms with Gasteiger partial charge in [-0.25, -0.2) is 4.79 Å². The number of hydrogen-bond donors (Lipinski definition) is 1. The molecule has 25 heavy (non-hydrogen) atoms. The fourth-order valence-corrected chi connectivity index (χ4v) is 4.06. The van der Waals surface area contributed by atoms with Gasteiger partial charge in [0.05, 0.1) is 18.2 Å². The largest absolute Gasteiger partial charge is 0.462 e. The van der Waals surface area contributed by atoms with Crippen molar-refractivity contribution in [3.63, 3.8) is 0 Å². The second-order valence-electron chi connectivity index (χ2n) is 6.55. The number of esters is 1. The van der Waals surface area contributed by atoms with Crippen LogP contribution < -0.4 is 5.32 Å². The minimum atomic E-state index is -0.261. The maximum absolute atomic E-state index is 12.1. The number of ether oxygens (including phenoxy) is 1. The molecule has 1 heterocycles. The molecule has 0 aromatic heterocycles. The molecule has 2 aromatic carbocycles. The highest BCUT2D eigenvalue weighted by Crippen LogP contribution is 2.50. The fourth-order valence-electron chi connectivity index (χ4n) is 3.94. The zero-order valence-corrected chi connectivity index (χ0v) is 14.8. The highest BCUT2D eigenvalue weighted by molar-refractivity contribution is 6.30. The van der Waals surface area contributed by atoms with E-state index >= 15 is 0 Å². The lowest BCUT2D eigenvalue weighted by atomic mass is 9.76. The van der Waals surface area contributed by atoms with E-state index in [1.54, 1.807) is 0 Å². The van der Waals surface area contributed by atoms with Gasteiger partial charge in [-0.2, -0.15) is 0 Å². The summed E-state index contributed by atoms with van der Waals surface area (Å²) in [6.45, 7) is 2.21. The number of nitrogens with one attached hydrogen (secondary N) is 1. The van der Waals surface area contributed by atoms with Crippen molar-refractivity contribution in [2.45, 2.75) is 25.3 Å². The molecule has 2 aliphatic rings. The smallest absolute Gasteiger partial charge is 0.338 e. The Kier molecular flexibility index (Phi) is 4.26. The molecule has 1 aliphatic heterocycles. The number of hydrogen-bond acceptors (Lipinski definition) is 3. The molecule has 0 fully saturated rings. The average Bonchev–Trinajstić information content (AvgIpc) is 3.11. The Hall–Kier alpha value is -2.26. The molecule has 0 spiro atoms. The third-order valence-electron chi connectivity index (χ3n) is 5.10. The first kappa shape index (κ1) is 16.2. The Bertz CT molecular complexity index is 828. The molecule has 0 radical (unpaired) electrons. The Morgan fingerprint density at radius 2 is 2.04 bits per heavy atom. The van der Waals surface area contributed by atoms with Crippen LogP contribution in [-0.2, 0) is 4.74 Å². The lowest BCUT2D eigenvalue weighted by molar-refractivity contribution is 0.0526. The standard InChI is InChI=1S/C21H20ClNO2/c1-2-25-21(24)14-8-11-19-18(12-14)16-4-3-5-17(16)20(23-19)13-6-9-15(22)10-7-13/h3-4,6-12,16-17,20,23H,2,5H2,1H3/t16-,17-,20+/m0/s1. The molecule has 128 valence electrons. The monoisotopic (exact) mass is 353 g/mol. The summed E-state index contributed by atoms with van der Waals surface area (Å²) in [5, 5.41) is 4.42. The Morgan fingerprint density at radius 1 is 1.24 bits per heavy atom. The first-order valence-corrected chi connectivity index (χ1v) is 9.05. The van der Waals surface area contributed by atoms with Crippen LogP contribution in [0.4, 0.5) is 5.69 Å². The van der Waals surface area contributed by atoms with Gasteiger partial charge in [0.15, 0.2) is 0 Å². The van der Waals surface area contributed by atoms with Crippen LogP contribution in [0.15, 0.2) is 54.6 Å². The molecular formula is C21H20ClNO2. The lowest BCUT2D eigenvalue weighted by Gasteiger charge is -2.37. The van der Waals surface area contributed by atoms with Crippen LogP contribution in [0.25, 0.3) is 0 Å². The molecule has 0 bridgehead atoms. The molecule has 4 heteroatoms. The number of carbonyl (C=O) groups excluding carboxylic acids is 1. The zero-order chi connectivity index (χ0) is 17.4. The molecule has 3 nitrogen and oxygen atoms in total. The number of allylic oxidation sites excluding steroid dienone is 2. The van der Waals surface area contributed by atoms with Crippen molar-refractivity contribution in [1.82, 2.24) is 0 Å². The van der Waals surface area contributed by atoms with E-state index < -0.39 is 0 Å². The predicted octanol–water partition coefficient (Wildman–Crippen LogP) is 5.34. The number of carbonyl (C=O) groups is 1. The van der Waals surface area contributed by atoms with E-state index in [0.717, 1.165) is 17.1 Å². The zero-order valence-electron chi connectivity index (χ0n) is 14.0. The van der Waals surface area contributed by atoms with Gasteiger partial charge in [0.1, 0.15) is 0 Å². The van der Waals surface area contributed by atoms with Crippen molar-refractivity contribution in [1.29, 1.82) is 0 Å². The fraction of sp³-hybridized carbons (Fsp3) is 0.286. The van der Waals surface area contributed by atoms with Gasteiger partial charge < -0.3 is 10.1 Å². The summed E-state index contributed by atoms with van der Waals surface area (Å²) >= 11 is 6.04. The highest BCUT2D eigenvalue weighted by Gasteiger charge is 2.38. The van der Waals surface area contributed by atoms with Crippen LogP contribution in [-0.4, -0.2) is 12.6 Å². The number of benzene rings is 2. The molecule has 4 rings (SSSR count). The third-order valence-corrected chi connectivity index (χ3v) is 5.36. The Labute approximate surface area is 152 Å². The molecular weight excluding hydrogens is 334 g/mol. The summed E-state index contributed by atoms with van der Waals surface area (Å²) < 4.78 is 5.14. The van der Waals surface area contributed by atoms with E-state index in [-0.39, 0.29) is 12.0 Å². The number of rotatable bonds is 3. The lowest BCUT2D eigenvalue weighted by Crippen LogP contribution is -2.29. The van der Waals surface area contributed by atoms with Crippen LogP contribution in [0.3, 0.4) is 0 Å². The number of halogens is 1. The number of anilines is 1. The average molecular weight is 354 g/mol. The first-order chi connectivity index (χ1) is 12.2. The van der Waals surface area contributed by atoms with Gasteiger partial charge >= 0.3 is 5.97 Å². The van der Waals surface area contributed by atoms with Crippen LogP contribution in [0.2, 0.25) is 5.02 Å². The van der Waals surface area contributed by atoms with Crippen LogP contribution >= 0.6 is 11.6 Å². The van der Waals surface area contributed by atoms with E-state index in [1.807, 2.05) is 37.3 Å². The van der Waals surface area contributed by atoms with Crippen molar-refractivity contribution >= 4 is 23.3 Å². The molecule has 0 saturated carbocycles. The number of fused-ring (bicyclic) bond motifs is 3. The van der Waals surface area contributed by atoms with Gasteiger partial charge in [-0.1, -0.05) is 35.9 Å². The molecule has 0 unspecified atom stereocenters. The maximum atomic E-state index is 12.1. The van der Waals surface area contributed by atoms with Crippen LogP contribution in [0, 0.1) is 5.92 Å². The predicted molar refractivity (Wildman–Crippen MR) is 100 cm³/mol. The van der Waals surface area contributed by atoms with Gasteiger partial charge in [-0.05, 0) is 60.7 Å².